The van der Waals surface area contributed by atoms with Gasteiger partial charge in [0.15, 0.2) is 6.04 Å². The van der Waals surface area contributed by atoms with Gasteiger partial charge in [0, 0.05) is 12.1 Å². The summed E-state index contributed by atoms with van der Waals surface area (Å²) < 4.78 is 0. The predicted octanol–water partition coefficient (Wildman–Crippen LogP) is 2.47. The van der Waals surface area contributed by atoms with Crippen molar-refractivity contribution >= 4 is 23.3 Å². The molecule has 0 aromatic heterocycles. The van der Waals surface area contributed by atoms with Crippen LogP contribution in [0.15, 0.2) is 54.6 Å². The second-order valence-corrected chi connectivity index (χ2v) is 5.08. The summed E-state index contributed by atoms with van der Waals surface area (Å²) in [5, 5.41) is 19.4. The number of aromatic hydroxyl groups is 1. The lowest BCUT2D eigenvalue weighted by Gasteiger charge is -2.28. The molecule has 124 valence electrons. The Hall–Kier alpha value is -3.15. The van der Waals surface area contributed by atoms with E-state index in [2.05, 4.69) is 0 Å². The van der Waals surface area contributed by atoms with Gasteiger partial charge >= 0.3 is 5.97 Å². The van der Waals surface area contributed by atoms with Crippen molar-refractivity contribution in [2.24, 2.45) is 0 Å². The van der Waals surface area contributed by atoms with Crippen LogP contribution in [0.4, 0.5) is 5.69 Å². The molecule has 2 aromatic rings. The number of carbonyl (C=O) groups is 3. The average Bonchev–Trinajstić information content (AvgIpc) is 2.59. The first kappa shape index (κ1) is 17.2. The summed E-state index contributed by atoms with van der Waals surface area (Å²) in [6.45, 7) is 1.58. The van der Waals surface area contributed by atoms with Crippen LogP contribution in [0.25, 0.3) is 0 Å². The number of para-hydroxylation sites is 2. The number of hydrogen-bond donors (Lipinski definition) is 2. The fourth-order valence-electron chi connectivity index (χ4n) is 2.37. The number of benzene rings is 2. The molecule has 0 bridgehead atoms. The minimum absolute atomic E-state index is 0.0345. The van der Waals surface area contributed by atoms with Crippen molar-refractivity contribution in [2.75, 3.05) is 4.90 Å². The van der Waals surface area contributed by atoms with Crippen molar-refractivity contribution in [3.63, 3.8) is 0 Å². The minimum Gasteiger partial charge on any atom is -0.507 e. The van der Waals surface area contributed by atoms with E-state index >= 15 is 0 Å². The number of hydrogen-bond acceptors (Lipinski definition) is 4. The lowest BCUT2D eigenvalue weighted by Crippen LogP contribution is -2.50. The Labute approximate surface area is 139 Å². The molecule has 0 saturated heterocycles. The normalized spacial score (nSPS) is 11.5. The molecular formula is C18H17NO5. The third-order valence-electron chi connectivity index (χ3n) is 3.52. The highest BCUT2D eigenvalue weighted by molar-refractivity contribution is 6.19. The molecule has 0 aliphatic heterocycles. The third kappa shape index (κ3) is 3.43. The van der Waals surface area contributed by atoms with Crippen molar-refractivity contribution in [3.8, 4) is 5.75 Å². The number of phenols is 1. The smallest absolute Gasteiger partial charge is 0.335 e. The molecule has 0 saturated carbocycles. The summed E-state index contributed by atoms with van der Waals surface area (Å²) in [7, 11) is 0. The second-order valence-electron chi connectivity index (χ2n) is 5.08. The molecule has 1 amide bonds. The summed E-state index contributed by atoms with van der Waals surface area (Å²) >= 11 is 0. The van der Waals surface area contributed by atoms with Crippen LogP contribution >= 0.6 is 0 Å². The predicted molar refractivity (Wildman–Crippen MR) is 88.1 cm³/mol. The fraction of sp³-hybridized carbons (Fsp3) is 0.167. The van der Waals surface area contributed by atoms with Crippen LogP contribution in [0, 0.1) is 0 Å². The van der Waals surface area contributed by atoms with Gasteiger partial charge in [0.2, 0.25) is 11.7 Å². The van der Waals surface area contributed by atoms with E-state index < -0.39 is 23.7 Å². The Bertz CT molecular complexity index is 757. The Kier molecular flexibility index (Phi) is 5.31. The van der Waals surface area contributed by atoms with E-state index in [0.29, 0.717) is 5.69 Å². The van der Waals surface area contributed by atoms with Gasteiger partial charge < -0.3 is 10.2 Å². The van der Waals surface area contributed by atoms with Gasteiger partial charge in [-0.2, -0.15) is 0 Å². The number of nitrogens with zero attached hydrogens (tertiary/aromatic N) is 1. The molecule has 0 spiro atoms. The molecular weight excluding hydrogens is 310 g/mol. The highest BCUT2D eigenvalue weighted by Crippen LogP contribution is 2.24. The standard InChI is InChI=1S/C18H17NO5/c1-2-15(21)19(12-8-4-3-5-9-12)16(18(23)24)17(22)13-10-6-7-11-14(13)20/h3-11,16,20H,2H2,1H3,(H,23,24). The maximum Gasteiger partial charge on any atom is 0.335 e. The van der Waals surface area contributed by atoms with Crippen molar-refractivity contribution in [3.05, 3.63) is 60.2 Å². The lowest BCUT2D eigenvalue weighted by atomic mass is 10.0. The SMILES string of the molecule is CCC(=O)N(c1ccccc1)C(C(=O)O)C(=O)c1ccccc1O. The zero-order valence-corrected chi connectivity index (χ0v) is 13.0. The fourth-order valence-corrected chi connectivity index (χ4v) is 2.37. The molecule has 6 nitrogen and oxygen atoms in total. The molecule has 1 unspecified atom stereocenters. The highest BCUT2D eigenvalue weighted by Gasteiger charge is 2.37. The van der Waals surface area contributed by atoms with Gasteiger partial charge in [-0.3, -0.25) is 14.5 Å². The number of amides is 1. The quantitative estimate of drug-likeness (QED) is 0.628. The van der Waals surface area contributed by atoms with Gasteiger partial charge in [0.05, 0.1) is 5.56 Å². The van der Waals surface area contributed by atoms with Gasteiger partial charge in [-0.1, -0.05) is 37.3 Å². The van der Waals surface area contributed by atoms with E-state index in [1.165, 1.54) is 24.3 Å². The number of carbonyl (C=O) groups excluding carboxylic acids is 2. The Morgan fingerprint density at radius 2 is 1.58 bits per heavy atom. The molecule has 24 heavy (non-hydrogen) atoms. The average molecular weight is 327 g/mol. The lowest BCUT2D eigenvalue weighted by molar-refractivity contribution is -0.138. The van der Waals surface area contributed by atoms with Gasteiger partial charge in [-0.05, 0) is 24.3 Å². The van der Waals surface area contributed by atoms with Crippen molar-refractivity contribution in [1.29, 1.82) is 0 Å². The van der Waals surface area contributed by atoms with E-state index in [1.807, 2.05) is 0 Å². The number of ketones is 1. The zero-order chi connectivity index (χ0) is 17.7. The summed E-state index contributed by atoms with van der Waals surface area (Å²) in [6, 6.07) is 12.0. The maximum atomic E-state index is 12.7. The Balaban J connectivity index is 2.54. The summed E-state index contributed by atoms with van der Waals surface area (Å²) in [5.41, 5.74) is 0.162. The molecule has 0 radical (unpaired) electrons. The monoisotopic (exact) mass is 327 g/mol. The largest absolute Gasteiger partial charge is 0.507 e. The minimum atomic E-state index is -1.76. The van der Waals surface area contributed by atoms with Crippen LogP contribution in [-0.2, 0) is 9.59 Å². The number of Topliss-reactive ketones (excluding diaryl/α,β-unsaturated/α-hetero) is 1. The first-order chi connectivity index (χ1) is 11.5. The van der Waals surface area contributed by atoms with E-state index in [-0.39, 0.29) is 17.7 Å². The highest BCUT2D eigenvalue weighted by atomic mass is 16.4. The van der Waals surface area contributed by atoms with Crippen molar-refractivity contribution in [2.45, 2.75) is 19.4 Å². The van der Waals surface area contributed by atoms with Gasteiger partial charge in [0.1, 0.15) is 5.75 Å². The first-order valence-corrected chi connectivity index (χ1v) is 7.39. The van der Waals surface area contributed by atoms with Crippen LogP contribution in [0.1, 0.15) is 23.7 Å². The molecule has 0 fully saturated rings. The van der Waals surface area contributed by atoms with Gasteiger partial charge in [0.25, 0.3) is 0 Å². The molecule has 1 atom stereocenters. The molecule has 6 heteroatoms. The van der Waals surface area contributed by atoms with Crippen LogP contribution in [0.2, 0.25) is 0 Å². The number of carboxylic acid groups (broad SMARTS) is 1. The summed E-state index contributed by atoms with van der Waals surface area (Å²) in [6.07, 6.45) is 0.0345. The molecule has 0 heterocycles. The number of rotatable bonds is 6. The maximum absolute atomic E-state index is 12.7. The Morgan fingerprint density at radius 3 is 2.12 bits per heavy atom. The molecule has 2 aromatic carbocycles. The number of aliphatic carboxylic acids is 1. The van der Waals surface area contributed by atoms with E-state index in [0.717, 1.165) is 4.90 Å². The van der Waals surface area contributed by atoms with E-state index in [1.54, 1.807) is 37.3 Å². The molecule has 2 rings (SSSR count). The van der Waals surface area contributed by atoms with Crippen LogP contribution in [0.5, 0.6) is 5.75 Å². The molecule has 2 N–H and O–H groups in total. The van der Waals surface area contributed by atoms with Crippen LogP contribution < -0.4 is 4.90 Å². The second kappa shape index (κ2) is 7.41. The molecule has 0 aliphatic rings. The van der Waals surface area contributed by atoms with Crippen molar-refractivity contribution < 1.29 is 24.6 Å². The van der Waals surface area contributed by atoms with Crippen LogP contribution in [0.3, 0.4) is 0 Å². The van der Waals surface area contributed by atoms with Gasteiger partial charge in [-0.25, -0.2) is 4.79 Å². The Morgan fingerprint density at radius 1 is 1.00 bits per heavy atom. The number of carboxylic acids is 1. The van der Waals surface area contributed by atoms with E-state index in [9.17, 15) is 24.6 Å². The van der Waals surface area contributed by atoms with Gasteiger partial charge in [-0.15, -0.1) is 0 Å². The van der Waals surface area contributed by atoms with Crippen LogP contribution in [-0.4, -0.2) is 33.9 Å². The first-order valence-electron chi connectivity index (χ1n) is 7.39. The third-order valence-corrected chi connectivity index (χ3v) is 3.52. The summed E-state index contributed by atoms with van der Waals surface area (Å²) in [5.74, 6) is -3.15. The topological polar surface area (TPSA) is 94.9 Å². The van der Waals surface area contributed by atoms with Crippen molar-refractivity contribution in [1.82, 2.24) is 0 Å². The van der Waals surface area contributed by atoms with E-state index in [4.69, 9.17) is 0 Å². The summed E-state index contributed by atoms with van der Waals surface area (Å²) in [4.78, 5) is 37.8. The zero-order valence-electron chi connectivity index (χ0n) is 13.0. The number of anilines is 1. The molecule has 0 aliphatic carbocycles. The number of phenolic OH excluding ortho intramolecular Hbond substituents is 1.